The largest absolute Gasteiger partial charge is 1.00 e. The van der Waals surface area contributed by atoms with Gasteiger partial charge in [-0.15, -0.1) is 0 Å². The van der Waals surface area contributed by atoms with E-state index in [4.69, 9.17) is 9.97 Å². The van der Waals surface area contributed by atoms with Gasteiger partial charge in [-0.2, -0.15) is 8.42 Å². The smallest absolute Gasteiger partial charge is 1.00 e. The first-order chi connectivity index (χ1) is 15.3. The first-order valence-corrected chi connectivity index (χ1v) is 11.6. The van der Waals surface area contributed by atoms with E-state index < -0.39 is 10.1 Å². The van der Waals surface area contributed by atoms with E-state index in [2.05, 4.69) is 0 Å². The van der Waals surface area contributed by atoms with E-state index in [1.807, 2.05) is 68.4 Å². The fourth-order valence-corrected chi connectivity index (χ4v) is 4.55. The van der Waals surface area contributed by atoms with Gasteiger partial charge in [0.05, 0.1) is 22.4 Å². The Morgan fingerprint density at radius 1 is 0.727 bits per heavy atom. The summed E-state index contributed by atoms with van der Waals surface area (Å²) in [5.41, 5.74) is 6.84. The van der Waals surface area contributed by atoms with Gasteiger partial charge in [-0.05, 0) is 37.4 Å². The molecule has 0 amide bonds. The van der Waals surface area contributed by atoms with Crippen LogP contribution in [-0.2, 0) is 10.1 Å². The zero-order valence-corrected chi connectivity index (χ0v) is 21.4. The van der Waals surface area contributed by atoms with Crippen LogP contribution in [0.3, 0.4) is 0 Å². The molecule has 1 aromatic heterocycles. The first-order valence-electron chi connectivity index (χ1n) is 10.2. The van der Waals surface area contributed by atoms with Crippen molar-refractivity contribution in [2.75, 3.05) is 0 Å². The first kappa shape index (κ1) is 23.5. The van der Waals surface area contributed by atoms with Gasteiger partial charge >= 0.3 is 29.6 Å². The standard InChI is InChI=1S/C26H20N2O3S.Na.H/c1-16-6-10-18(11-7-16)25-26(19-12-8-17(2)9-13-19)28-23-15-21-20(14-22(23)27-25)4-3-5-24(21)32(29,30)31;;/h3-15H,1-2H3,(H,29,30,31);;/q;+1;-1. The minimum absolute atomic E-state index is 0. The molecular formula is C26H21N2NaO3S. The van der Waals surface area contributed by atoms with Crippen LogP contribution < -0.4 is 29.6 Å². The molecule has 0 spiro atoms. The van der Waals surface area contributed by atoms with Gasteiger partial charge in [-0.1, -0.05) is 71.8 Å². The predicted molar refractivity (Wildman–Crippen MR) is 128 cm³/mol. The molecule has 0 radical (unpaired) electrons. The molecule has 5 rings (SSSR count). The van der Waals surface area contributed by atoms with Crippen molar-refractivity contribution < 1.29 is 44.0 Å². The molecule has 0 unspecified atom stereocenters. The molecule has 0 saturated heterocycles. The number of aryl methyl sites for hydroxylation is 2. The molecule has 0 bridgehead atoms. The molecule has 4 aromatic carbocycles. The van der Waals surface area contributed by atoms with Crippen molar-refractivity contribution in [2.45, 2.75) is 18.7 Å². The van der Waals surface area contributed by atoms with E-state index in [0.29, 0.717) is 27.5 Å². The van der Waals surface area contributed by atoms with Crippen molar-refractivity contribution in [3.8, 4) is 22.5 Å². The van der Waals surface area contributed by atoms with Crippen LogP contribution in [-0.4, -0.2) is 22.9 Å². The molecular weight excluding hydrogens is 443 g/mol. The molecule has 0 aliphatic heterocycles. The second-order valence-electron chi connectivity index (χ2n) is 7.95. The summed E-state index contributed by atoms with van der Waals surface area (Å²) in [5, 5.41) is 1.08. The maximum Gasteiger partial charge on any atom is 1.00 e. The Balaban J connectivity index is 0.00000162. The van der Waals surface area contributed by atoms with Gasteiger partial charge in [0.1, 0.15) is 4.90 Å². The van der Waals surface area contributed by atoms with Crippen LogP contribution in [0.4, 0.5) is 0 Å². The van der Waals surface area contributed by atoms with Gasteiger partial charge < -0.3 is 1.43 Å². The SMILES string of the molecule is Cc1ccc(-c2nc3cc4cccc(S(=O)(=O)O)c4cc3nc2-c2ccc(C)cc2)cc1.[H-].[Na+]. The Hall–Kier alpha value is -2.61. The number of rotatable bonds is 3. The molecule has 33 heavy (non-hydrogen) atoms. The van der Waals surface area contributed by atoms with E-state index >= 15 is 0 Å². The van der Waals surface area contributed by atoms with Gasteiger partial charge in [0.2, 0.25) is 0 Å². The average Bonchev–Trinajstić information content (AvgIpc) is 2.77. The minimum Gasteiger partial charge on any atom is -1.00 e. The monoisotopic (exact) mass is 464 g/mol. The third kappa shape index (κ3) is 4.58. The summed E-state index contributed by atoms with van der Waals surface area (Å²) in [7, 11) is -4.37. The van der Waals surface area contributed by atoms with Crippen molar-refractivity contribution >= 4 is 31.9 Å². The van der Waals surface area contributed by atoms with Crippen LogP contribution >= 0.6 is 0 Å². The van der Waals surface area contributed by atoms with Crippen LogP contribution in [0.15, 0.2) is 83.8 Å². The Bertz CT molecular complexity index is 1600. The van der Waals surface area contributed by atoms with E-state index in [0.717, 1.165) is 27.9 Å². The Kier molecular flexibility index (Phi) is 6.40. The fourth-order valence-electron chi connectivity index (χ4n) is 3.85. The molecule has 0 atom stereocenters. The van der Waals surface area contributed by atoms with Crippen molar-refractivity contribution in [1.29, 1.82) is 0 Å². The van der Waals surface area contributed by atoms with Gasteiger partial charge in [0.25, 0.3) is 10.1 Å². The third-order valence-corrected chi connectivity index (χ3v) is 6.46. The van der Waals surface area contributed by atoms with Crippen LogP contribution in [0.5, 0.6) is 0 Å². The second kappa shape index (κ2) is 8.97. The number of hydrogen-bond donors (Lipinski definition) is 1. The van der Waals surface area contributed by atoms with Crippen LogP contribution in [0.1, 0.15) is 12.6 Å². The van der Waals surface area contributed by atoms with Crippen molar-refractivity contribution in [2.24, 2.45) is 0 Å². The van der Waals surface area contributed by atoms with Crippen molar-refractivity contribution in [3.05, 3.63) is 90.0 Å². The Morgan fingerprint density at radius 3 is 1.70 bits per heavy atom. The summed E-state index contributed by atoms with van der Waals surface area (Å²) < 4.78 is 33.4. The molecule has 0 aliphatic carbocycles. The summed E-state index contributed by atoms with van der Waals surface area (Å²) in [4.78, 5) is 9.71. The molecule has 5 aromatic rings. The summed E-state index contributed by atoms with van der Waals surface area (Å²) in [6.45, 7) is 4.06. The molecule has 0 aliphatic rings. The van der Waals surface area contributed by atoms with Gasteiger partial charge in [0.15, 0.2) is 0 Å². The summed E-state index contributed by atoms with van der Waals surface area (Å²) in [6.07, 6.45) is 0. The van der Waals surface area contributed by atoms with Gasteiger partial charge in [-0.25, -0.2) is 9.97 Å². The normalized spacial score (nSPS) is 11.5. The zero-order valence-electron chi connectivity index (χ0n) is 19.6. The molecule has 160 valence electrons. The van der Waals surface area contributed by atoms with E-state index in [1.54, 1.807) is 18.2 Å². The number of aromatic nitrogens is 2. The van der Waals surface area contributed by atoms with Crippen molar-refractivity contribution in [3.63, 3.8) is 0 Å². The quantitative estimate of drug-likeness (QED) is 0.252. The summed E-state index contributed by atoms with van der Waals surface area (Å²) in [5.74, 6) is 0. The average molecular weight is 465 g/mol. The molecule has 1 heterocycles. The van der Waals surface area contributed by atoms with E-state index in [1.165, 1.54) is 6.07 Å². The number of fused-ring (bicyclic) bond motifs is 2. The summed E-state index contributed by atoms with van der Waals surface area (Å²) in [6, 6.07) is 24.5. The predicted octanol–water partition coefficient (Wildman–Crippen LogP) is 3.10. The van der Waals surface area contributed by atoms with E-state index in [-0.39, 0.29) is 35.9 Å². The van der Waals surface area contributed by atoms with Crippen LogP contribution in [0.2, 0.25) is 0 Å². The second-order valence-corrected chi connectivity index (χ2v) is 9.34. The third-order valence-electron chi connectivity index (χ3n) is 5.55. The minimum atomic E-state index is -4.37. The number of benzene rings is 4. The molecule has 7 heteroatoms. The number of nitrogens with zero attached hydrogens (tertiary/aromatic N) is 2. The number of hydrogen-bond acceptors (Lipinski definition) is 4. The topological polar surface area (TPSA) is 80.2 Å². The summed E-state index contributed by atoms with van der Waals surface area (Å²) >= 11 is 0. The maximum atomic E-state index is 11.9. The molecule has 1 N–H and O–H groups in total. The zero-order chi connectivity index (χ0) is 22.5. The molecule has 0 saturated carbocycles. The molecule has 5 nitrogen and oxygen atoms in total. The van der Waals surface area contributed by atoms with Gasteiger partial charge in [0, 0.05) is 16.5 Å². The van der Waals surface area contributed by atoms with Crippen molar-refractivity contribution in [1.82, 2.24) is 9.97 Å². The Morgan fingerprint density at radius 2 is 1.21 bits per heavy atom. The van der Waals surface area contributed by atoms with Crippen LogP contribution in [0, 0.1) is 13.8 Å². The van der Waals surface area contributed by atoms with Crippen LogP contribution in [0.25, 0.3) is 44.3 Å². The Labute approximate surface area is 216 Å². The van der Waals surface area contributed by atoms with Gasteiger partial charge in [-0.3, -0.25) is 4.55 Å². The maximum absolute atomic E-state index is 11.9. The fraction of sp³-hybridized carbons (Fsp3) is 0.0769. The molecule has 0 fully saturated rings. The van der Waals surface area contributed by atoms with E-state index in [9.17, 15) is 13.0 Å².